The third kappa shape index (κ3) is 0.982. The van der Waals surface area contributed by atoms with Crippen molar-refractivity contribution < 1.29 is 9.53 Å². The lowest BCUT2D eigenvalue weighted by atomic mass is 9.52. The quantitative estimate of drug-likeness (QED) is 0.688. The van der Waals surface area contributed by atoms with E-state index in [-0.39, 0.29) is 22.9 Å². The largest absolute Gasteiger partial charge is 0.458 e. The predicted octanol–water partition coefficient (Wildman–Crippen LogP) is 3.26. The van der Waals surface area contributed by atoms with Crippen LogP contribution in [-0.4, -0.2) is 11.6 Å². The van der Waals surface area contributed by atoms with Gasteiger partial charge in [-0.3, -0.25) is 4.79 Å². The molecule has 1 heterocycles. The maximum Gasteiger partial charge on any atom is 0.309 e. The van der Waals surface area contributed by atoms with Gasteiger partial charge in [0.1, 0.15) is 5.60 Å². The van der Waals surface area contributed by atoms with Crippen LogP contribution in [-0.2, 0) is 9.53 Å². The second-order valence-electron chi connectivity index (χ2n) is 7.15. The van der Waals surface area contributed by atoms with Gasteiger partial charge in [0.15, 0.2) is 0 Å². The SMILES string of the molecule is CC(C)C1(C(C)C)C2CC3C(=O)OC1(C)C3C2. The summed E-state index contributed by atoms with van der Waals surface area (Å²) in [7, 11) is 0. The van der Waals surface area contributed by atoms with Crippen LogP contribution in [0.1, 0.15) is 47.5 Å². The van der Waals surface area contributed by atoms with E-state index >= 15 is 0 Å². The van der Waals surface area contributed by atoms with Gasteiger partial charge in [-0.1, -0.05) is 27.7 Å². The number of carbonyl (C=O) groups is 1. The van der Waals surface area contributed by atoms with E-state index < -0.39 is 0 Å². The molecule has 3 fully saturated rings. The lowest BCUT2D eigenvalue weighted by Gasteiger charge is -2.53. The van der Waals surface area contributed by atoms with Crippen LogP contribution >= 0.6 is 0 Å². The van der Waals surface area contributed by atoms with Gasteiger partial charge in [0.25, 0.3) is 0 Å². The fourth-order valence-electron chi connectivity index (χ4n) is 6.23. The molecule has 4 atom stereocenters. The van der Waals surface area contributed by atoms with E-state index in [9.17, 15) is 4.79 Å². The normalized spacial score (nSPS) is 46.1. The highest BCUT2D eigenvalue weighted by Crippen LogP contribution is 2.73. The Kier molecular flexibility index (Phi) is 2.09. The molecule has 2 heteroatoms. The van der Waals surface area contributed by atoms with Gasteiger partial charge in [0.05, 0.1) is 5.92 Å². The molecule has 0 amide bonds. The van der Waals surface area contributed by atoms with Crippen LogP contribution in [0.4, 0.5) is 0 Å². The van der Waals surface area contributed by atoms with Crippen molar-refractivity contribution in [3.63, 3.8) is 0 Å². The minimum absolute atomic E-state index is 0.0863. The Morgan fingerprint density at radius 2 is 1.76 bits per heavy atom. The smallest absolute Gasteiger partial charge is 0.309 e. The van der Waals surface area contributed by atoms with Crippen LogP contribution in [0, 0.1) is 35.0 Å². The van der Waals surface area contributed by atoms with Crippen molar-refractivity contribution in [1.82, 2.24) is 0 Å². The van der Waals surface area contributed by atoms with E-state index in [0.717, 1.165) is 6.42 Å². The summed E-state index contributed by atoms with van der Waals surface area (Å²) in [6.45, 7) is 11.5. The first-order valence-electron chi connectivity index (χ1n) is 7.08. The average molecular weight is 236 g/mol. The van der Waals surface area contributed by atoms with Crippen LogP contribution in [0.3, 0.4) is 0 Å². The first-order valence-corrected chi connectivity index (χ1v) is 7.08. The highest BCUT2D eigenvalue weighted by molar-refractivity contribution is 5.77. The van der Waals surface area contributed by atoms with Gasteiger partial charge < -0.3 is 4.74 Å². The molecule has 3 aliphatic rings. The second-order valence-corrected chi connectivity index (χ2v) is 7.15. The molecule has 0 radical (unpaired) electrons. The summed E-state index contributed by atoms with van der Waals surface area (Å²) in [6, 6.07) is 0. The molecular formula is C15H24O2. The third-order valence-corrected chi connectivity index (χ3v) is 6.33. The highest BCUT2D eigenvalue weighted by Gasteiger charge is 2.76. The minimum atomic E-state index is -0.194. The molecule has 2 nitrogen and oxygen atoms in total. The van der Waals surface area contributed by atoms with Crippen LogP contribution in [0.5, 0.6) is 0 Å². The van der Waals surface area contributed by atoms with Gasteiger partial charge in [-0.2, -0.15) is 0 Å². The number of hydrogen-bond donors (Lipinski definition) is 0. The summed E-state index contributed by atoms with van der Waals surface area (Å²) in [5, 5.41) is 0. The highest BCUT2D eigenvalue weighted by atomic mass is 16.6. The summed E-state index contributed by atoms with van der Waals surface area (Å²) in [6.07, 6.45) is 2.29. The Hall–Kier alpha value is -0.530. The number of ether oxygens (including phenoxy) is 1. The van der Waals surface area contributed by atoms with Crippen LogP contribution < -0.4 is 0 Å². The molecule has 0 aromatic rings. The van der Waals surface area contributed by atoms with Crippen molar-refractivity contribution in [1.29, 1.82) is 0 Å². The van der Waals surface area contributed by atoms with Crippen LogP contribution in [0.15, 0.2) is 0 Å². The zero-order valence-electron chi connectivity index (χ0n) is 11.6. The lowest BCUT2D eigenvalue weighted by molar-refractivity contribution is -0.171. The molecular weight excluding hydrogens is 212 g/mol. The third-order valence-electron chi connectivity index (χ3n) is 6.33. The average Bonchev–Trinajstić information content (AvgIpc) is 2.74. The second kappa shape index (κ2) is 3.07. The maximum atomic E-state index is 12.0. The van der Waals surface area contributed by atoms with Crippen molar-refractivity contribution in [2.24, 2.45) is 35.0 Å². The Morgan fingerprint density at radius 3 is 2.29 bits per heavy atom. The fourth-order valence-corrected chi connectivity index (χ4v) is 6.23. The molecule has 1 aliphatic heterocycles. The summed E-state index contributed by atoms with van der Waals surface area (Å²) < 4.78 is 5.93. The van der Waals surface area contributed by atoms with Gasteiger partial charge in [-0.05, 0) is 37.5 Å². The minimum Gasteiger partial charge on any atom is -0.458 e. The zero-order valence-corrected chi connectivity index (χ0v) is 11.6. The first-order chi connectivity index (χ1) is 7.85. The number of fused-ring (bicyclic) bond motifs is 1. The van der Waals surface area contributed by atoms with Crippen molar-refractivity contribution in [3.05, 3.63) is 0 Å². The number of carbonyl (C=O) groups excluding carboxylic acids is 1. The van der Waals surface area contributed by atoms with Crippen molar-refractivity contribution in [2.75, 3.05) is 0 Å². The van der Waals surface area contributed by atoms with Gasteiger partial charge in [0.2, 0.25) is 0 Å². The molecule has 2 aliphatic carbocycles. The van der Waals surface area contributed by atoms with Gasteiger partial charge >= 0.3 is 5.97 Å². The van der Waals surface area contributed by atoms with Gasteiger partial charge in [0, 0.05) is 11.3 Å². The fraction of sp³-hybridized carbons (Fsp3) is 0.933. The molecule has 0 N–H and O–H groups in total. The Labute approximate surface area is 104 Å². The predicted molar refractivity (Wildman–Crippen MR) is 66.3 cm³/mol. The molecule has 2 bridgehead atoms. The maximum absolute atomic E-state index is 12.0. The summed E-state index contributed by atoms with van der Waals surface area (Å²) in [4.78, 5) is 12.0. The molecule has 2 saturated carbocycles. The molecule has 0 aromatic carbocycles. The van der Waals surface area contributed by atoms with E-state index in [0.29, 0.717) is 23.7 Å². The van der Waals surface area contributed by atoms with Crippen molar-refractivity contribution >= 4 is 5.97 Å². The Balaban J connectivity index is 2.16. The van der Waals surface area contributed by atoms with E-state index in [4.69, 9.17) is 4.74 Å². The molecule has 3 rings (SSSR count). The molecule has 17 heavy (non-hydrogen) atoms. The van der Waals surface area contributed by atoms with E-state index in [1.807, 2.05) is 0 Å². The van der Waals surface area contributed by atoms with Gasteiger partial charge in [-0.15, -0.1) is 0 Å². The Morgan fingerprint density at radius 1 is 1.18 bits per heavy atom. The number of esters is 1. The standard InChI is InChI=1S/C15H24O2/c1-8(2)15(9(3)4)10-6-11-12(7-10)14(15,5)17-13(11)16/h8-12H,6-7H2,1-5H3. The molecule has 0 spiro atoms. The summed E-state index contributed by atoms with van der Waals surface area (Å²) in [5.41, 5.74) is 0.000324. The molecule has 0 aromatic heterocycles. The lowest BCUT2D eigenvalue weighted by Crippen LogP contribution is -2.56. The van der Waals surface area contributed by atoms with Crippen LogP contribution in [0.25, 0.3) is 0 Å². The summed E-state index contributed by atoms with van der Waals surface area (Å²) in [5.74, 6) is 2.64. The molecule has 96 valence electrons. The number of hydrogen-bond acceptors (Lipinski definition) is 2. The van der Waals surface area contributed by atoms with Crippen molar-refractivity contribution in [3.8, 4) is 0 Å². The Bertz CT molecular complexity index is 363. The van der Waals surface area contributed by atoms with E-state index in [1.165, 1.54) is 6.42 Å². The first kappa shape index (κ1) is 11.6. The molecule has 1 saturated heterocycles. The summed E-state index contributed by atoms with van der Waals surface area (Å²) >= 11 is 0. The zero-order chi connectivity index (χ0) is 12.6. The van der Waals surface area contributed by atoms with Gasteiger partial charge in [-0.25, -0.2) is 0 Å². The van der Waals surface area contributed by atoms with Crippen LogP contribution in [0.2, 0.25) is 0 Å². The van der Waals surface area contributed by atoms with E-state index in [2.05, 4.69) is 34.6 Å². The van der Waals surface area contributed by atoms with E-state index in [1.54, 1.807) is 0 Å². The monoisotopic (exact) mass is 236 g/mol. The number of rotatable bonds is 2. The van der Waals surface area contributed by atoms with Crippen molar-refractivity contribution in [2.45, 2.75) is 53.1 Å². The molecule has 4 unspecified atom stereocenters. The topological polar surface area (TPSA) is 26.3 Å².